The van der Waals surface area contributed by atoms with E-state index in [-0.39, 0.29) is 5.54 Å². The van der Waals surface area contributed by atoms with Gasteiger partial charge in [-0.3, -0.25) is 0 Å². The van der Waals surface area contributed by atoms with Crippen molar-refractivity contribution in [3.05, 3.63) is 34.9 Å². The van der Waals surface area contributed by atoms with E-state index in [0.29, 0.717) is 13.2 Å². The molecule has 0 aromatic heterocycles. The van der Waals surface area contributed by atoms with Crippen LogP contribution in [0, 0.1) is 0 Å². The number of nitrogens with one attached hydrogen (secondary N) is 1. The predicted octanol–water partition coefficient (Wildman–Crippen LogP) is 2.26. The molecule has 1 rings (SSSR count). The molecule has 0 radical (unpaired) electrons. The van der Waals surface area contributed by atoms with Crippen LogP contribution in [0.1, 0.15) is 19.4 Å². The summed E-state index contributed by atoms with van der Waals surface area (Å²) in [5.41, 5.74) is 1.08. The van der Waals surface area contributed by atoms with Gasteiger partial charge in [0.15, 0.2) is 0 Å². The maximum atomic E-state index is 9.61. The lowest BCUT2D eigenvalue weighted by Gasteiger charge is -2.28. The minimum absolute atomic E-state index is 0.0978. The van der Waals surface area contributed by atoms with Crippen LogP contribution in [0.4, 0.5) is 0 Å². The molecule has 0 amide bonds. The van der Waals surface area contributed by atoms with Gasteiger partial charge in [0.25, 0.3) is 0 Å². The zero-order valence-electron chi connectivity index (χ0n) is 11.2. The van der Waals surface area contributed by atoms with Gasteiger partial charge in [-0.05, 0) is 38.0 Å². The molecule has 0 aliphatic heterocycles. The first-order valence-electron chi connectivity index (χ1n) is 6.09. The number of β-amino-alcohol motifs (C(OH)–C–C–N with tert-alkyl or cyclic N) is 1. The molecule has 1 aromatic rings. The van der Waals surface area contributed by atoms with E-state index in [9.17, 15) is 5.11 Å². The molecule has 18 heavy (non-hydrogen) atoms. The number of hydrogen-bond donors (Lipinski definition) is 2. The maximum Gasteiger partial charge on any atom is 0.0897 e. The van der Waals surface area contributed by atoms with E-state index in [2.05, 4.69) is 25.2 Å². The summed E-state index contributed by atoms with van der Waals surface area (Å²) in [4.78, 5) is 0. The van der Waals surface area contributed by atoms with Crippen molar-refractivity contribution in [1.29, 1.82) is 0 Å². The number of ether oxygens (including phenoxy) is 1. The van der Waals surface area contributed by atoms with Gasteiger partial charge in [-0.2, -0.15) is 0 Å². The van der Waals surface area contributed by atoms with Crippen molar-refractivity contribution >= 4 is 11.6 Å². The highest BCUT2D eigenvalue weighted by Crippen LogP contribution is 2.16. The second kappa shape index (κ2) is 7.10. The third-order valence-electron chi connectivity index (χ3n) is 2.71. The van der Waals surface area contributed by atoms with E-state index in [1.54, 1.807) is 7.11 Å². The fraction of sp³-hybridized carbons (Fsp3) is 0.571. The Morgan fingerprint density at radius 2 is 2.17 bits per heavy atom. The normalized spacial score (nSPS) is 13.6. The fourth-order valence-electron chi connectivity index (χ4n) is 1.87. The topological polar surface area (TPSA) is 41.5 Å². The van der Waals surface area contributed by atoms with Crippen molar-refractivity contribution in [1.82, 2.24) is 5.32 Å². The molecule has 0 saturated carbocycles. The maximum absolute atomic E-state index is 9.61. The smallest absolute Gasteiger partial charge is 0.0897 e. The molecule has 0 aliphatic rings. The zero-order chi connectivity index (χ0) is 13.6. The number of benzene rings is 1. The molecule has 0 aliphatic carbocycles. The number of rotatable bonds is 7. The Hall–Kier alpha value is -0.610. The van der Waals surface area contributed by atoms with Gasteiger partial charge >= 0.3 is 0 Å². The highest BCUT2D eigenvalue weighted by Gasteiger charge is 2.19. The highest BCUT2D eigenvalue weighted by molar-refractivity contribution is 6.30. The van der Waals surface area contributed by atoms with Gasteiger partial charge in [-0.1, -0.05) is 23.7 Å². The van der Waals surface area contributed by atoms with Crippen LogP contribution in [-0.4, -0.2) is 37.0 Å². The van der Waals surface area contributed by atoms with E-state index in [0.717, 1.165) is 11.4 Å². The molecule has 1 aromatic carbocycles. The zero-order valence-corrected chi connectivity index (χ0v) is 12.0. The molecule has 0 bridgehead atoms. The molecule has 1 unspecified atom stereocenters. The van der Waals surface area contributed by atoms with Gasteiger partial charge in [0.2, 0.25) is 0 Å². The van der Waals surface area contributed by atoms with E-state index >= 15 is 0 Å². The van der Waals surface area contributed by atoms with Crippen LogP contribution in [0.25, 0.3) is 0 Å². The Bertz CT molecular complexity index is 369. The first kappa shape index (κ1) is 15.4. The summed E-state index contributed by atoms with van der Waals surface area (Å²) in [6.07, 6.45) is 0.376. The number of aliphatic hydroxyl groups excluding tert-OH is 1. The number of aliphatic hydroxyl groups is 1. The second-order valence-electron chi connectivity index (χ2n) is 5.18. The molecule has 0 saturated heterocycles. The summed E-state index contributed by atoms with van der Waals surface area (Å²) < 4.78 is 4.90. The Balaban J connectivity index is 2.48. The van der Waals surface area contributed by atoms with E-state index in [4.69, 9.17) is 16.3 Å². The summed E-state index contributed by atoms with van der Waals surface area (Å²) in [5.74, 6) is 0. The Morgan fingerprint density at radius 3 is 2.78 bits per heavy atom. The third kappa shape index (κ3) is 5.83. The van der Waals surface area contributed by atoms with Crippen LogP contribution in [0.3, 0.4) is 0 Å². The lowest BCUT2D eigenvalue weighted by molar-refractivity contribution is 0.0598. The predicted molar refractivity (Wildman–Crippen MR) is 75.1 cm³/mol. The highest BCUT2D eigenvalue weighted by atomic mass is 35.5. The molecular formula is C14H22ClNO2. The van der Waals surface area contributed by atoms with Crippen LogP contribution in [-0.2, 0) is 11.2 Å². The first-order valence-corrected chi connectivity index (χ1v) is 6.47. The lowest BCUT2D eigenvalue weighted by Crippen LogP contribution is -2.45. The Morgan fingerprint density at radius 1 is 1.44 bits per heavy atom. The van der Waals surface area contributed by atoms with Crippen LogP contribution in [0.5, 0.6) is 0 Å². The minimum atomic E-state index is -0.478. The van der Waals surface area contributed by atoms with Crippen LogP contribution < -0.4 is 5.32 Å². The first-order chi connectivity index (χ1) is 8.43. The third-order valence-corrected chi connectivity index (χ3v) is 2.95. The number of halogens is 1. The average Bonchev–Trinajstić information content (AvgIpc) is 2.26. The molecular weight excluding hydrogens is 250 g/mol. The minimum Gasteiger partial charge on any atom is -0.389 e. The number of hydrogen-bond acceptors (Lipinski definition) is 3. The number of methoxy groups -OCH3 is 1. The van der Waals surface area contributed by atoms with Gasteiger partial charge in [-0.15, -0.1) is 0 Å². The molecule has 2 N–H and O–H groups in total. The summed E-state index contributed by atoms with van der Waals surface area (Å²) >= 11 is 5.97. The van der Waals surface area contributed by atoms with Crippen LogP contribution in [0.15, 0.2) is 24.3 Å². The summed E-state index contributed by atoms with van der Waals surface area (Å²) in [6, 6.07) is 7.85. The van der Waals surface area contributed by atoms with Crippen molar-refractivity contribution in [2.45, 2.75) is 31.9 Å². The van der Waals surface area contributed by atoms with Crippen LogP contribution >= 0.6 is 11.6 Å². The van der Waals surface area contributed by atoms with E-state index in [1.807, 2.05) is 18.2 Å². The lowest BCUT2D eigenvalue weighted by atomic mass is 9.95. The van der Waals surface area contributed by atoms with Crippen molar-refractivity contribution in [2.75, 3.05) is 20.3 Å². The quantitative estimate of drug-likeness (QED) is 0.799. The SMILES string of the molecule is COCC(O)CNC(C)(C)Cc1cccc(Cl)c1. The monoisotopic (exact) mass is 271 g/mol. The van der Waals surface area contributed by atoms with Gasteiger partial charge in [0, 0.05) is 24.2 Å². The molecule has 0 fully saturated rings. The van der Waals surface area contributed by atoms with Crippen LogP contribution in [0.2, 0.25) is 5.02 Å². The average molecular weight is 272 g/mol. The van der Waals surface area contributed by atoms with Crippen molar-refractivity contribution in [3.8, 4) is 0 Å². The van der Waals surface area contributed by atoms with E-state index < -0.39 is 6.10 Å². The van der Waals surface area contributed by atoms with Crippen molar-refractivity contribution in [2.24, 2.45) is 0 Å². The molecule has 3 nitrogen and oxygen atoms in total. The van der Waals surface area contributed by atoms with E-state index in [1.165, 1.54) is 5.56 Å². The second-order valence-corrected chi connectivity index (χ2v) is 5.62. The van der Waals surface area contributed by atoms with Gasteiger partial charge in [-0.25, -0.2) is 0 Å². The summed E-state index contributed by atoms with van der Waals surface area (Å²) in [6.45, 7) is 5.07. The van der Waals surface area contributed by atoms with Crippen molar-refractivity contribution in [3.63, 3.8) is 0 Å². The van der Waals surface area contributed by atoms with Gasteiger partial charge in [0.1, 0.15) is 0 Å². The summed E-state index contributed by atoms with van der Waals surface area (Å²) in [7, 11) is 1.58. The molecule has 0 heterocycles. The molecule has 1 atom stereocenters. The molecule has 102 valence electrons. The standard InChI is InChI=1S/C14H22ClNO2/c1-14(2,16-9-13(17)10-18-3)8-11-5-4-6-12(15)7-11/h4-7,13,16-17H,8-10H2,1-3H3. The fourth-order valence-corrected chi connectivity index (χ4v) is 2.08. The molecule has 4 heteroatoms. The largest absolute Gasteiger partial charge is 0.389 e. The summed E-state index contributed by atoms with van der Waals surface area (Å²) in [5, 5.41) is 13.7. The Kier molecular flexibility index (Phi) is 6.09. The molecule has 0 spiro atoms. The van der Waals surface area contributed by atoms with Gasteiger partial charge in [0.05, 0.1) is 12.7 Å². The van der Waals surface area contributed by atoms with Gasteiger partial charge < -0.3 is 15.2 Å². The Labute approximate surface area is 114 Å². The van der Waals surface area contributed by atoms with Crippen molar-refractivity contribution < 1.29 is 9.84 Å².